The van der Waals surface area contributed by atoms with Crippen LogP contribution in [0.15, 0.2) is 12.7 Å². The summed E-state index contributed by atoms with van der Waals surface area (Å²) in [6.07, 6.45) is 3.05. The SMILES string of the molecule is C[C@H]1CNCCN1C(=O)CN(C)c1ncnc2nc[nH]c12. The highest BCUT2D eigenvalue weighted by atomic mass is 16.2. The van der Waals surface area contributed by atoms with Crippen LogP contribution in [0.25, 0.3) is 11.2 Å². The Morgan fingerprint density at radius 1 is 1.48 bits per heavy atom. The Morgan fingerprint density at radius 2 is 2.33 bits per heavy atom. The van der Waals surface area contributed by atoms with Gasteiger partial charge in [0.15, 0.2) is 11.5 Å². The number of aromatic nitrogens is 4. The van der Waals surface area contributed by atoms with Crippen LogP contribution in [0, 0.1) is 0 Å². The maximum absolute atomic E-state index is 12.5. The van der Waals surface area contributed by atoms with E-state index < -0.39 is 0 Å². The summed E-state index contributed by atoms with van der Waals surface area (Å²) in [5.74, 6) is 0.798. The molecular formula is C13H19N7O. The maximum Gasteiger partial charge on any atom is 0.242 e. The second-order valence-corrected chi connectivity index (χ2v) is 5.29. The summed E-state index contributed by atoms with van der Waals surface area (Å²) in [6, 6.07) is 0.220. The van der Waals surface area contributed by atoms with Crippen molar-refractivity contribution in [3.05, 3.63) is 12.7 Å². The van der Waals surface area contributed by atoms with Gasteiger partial charge in [0.25, 0.3) is 0 Å². The van der Waals surface area contributed by atoms with Crippen LogP contribution in [0.5, 0.6) is 0 Å². The van der Waals surface area contributed by atoms with Crippen LogP contribution in [-0.2, 0) is 4.79 Å². The number of carbonyl (C=O) groups excluding carboxylic acids is 1. The predicted molar refractivity (Wildman–Crippen MR) is 79.0 cm³/mol. The highest BCUT2D eigenvalue weighted by Crippen LogP contribution is 2.18. The van der Waals surface area contributed by atoms with Crippen molar-refractivity contribution in [2.45, 2.75) is 13.0 Å². The number of anilines is 1. The Hall–Kier alpha value is -2.22. The lowest BCUT2D eigenvalue weighted by atomic mass is 10.2. The van der Waals surface area contributed by atoms with E-state index in [1.54, 1.807) is 6.33 Å². The van der Waals surface area contributed by atoms with Gasteiger partial charge < -0.3 is 20.1 Å². The molecule has 8 heteroatoms. The van der Waals surface area contributed by atoms with Crippen LogP contribution in [0.1, 0.15) is 6.92 Å². The molecule has 3 rings (SSSR count). The number of amides is 1. The van der Waals surface area contributed by atoms with Crippen molar-refractivity contribution in [2.24, 2.45) is 0 Å². The van der Waals surface area contributed by atoms with E-state index in [0.29, 0.717) is 11.5 Å². The van der Waals surface area contributed by atoms with Gasteiger partial charge in [-0.05, 0) is 6.92 Å². The van der Waals surface area contributed by atoms with E-state index in [1.165, 1.54) is 6.33 Å². The average Bonchev–Trinajstić information content (AvgIpc) is 2.95. The monoisotopic (exact) mass is 289 g/mol. The number of hydrogen-bond acceptors (Lipinski definition) is 6. The number of nitrogens with one attached hydrogen (secondary N) is 2. The zero-order chi connectivity index (χ0) is 14.8. The summed E-state index contributed by atoms with van der Waals surface area (Å²) in [7, 11) is 1.85. The first-order valence-corrected chi connectivity index (χ1v) is 7.02. The van der Waals surface area contributed by atoms with E-state index in [0.717, 1.165) is 25.2 Å². The van der Waals surface area contributed by atoms with Crippen molar-refractivity contribution in [1.29, 1.82) is 0 Å². The third kappa shape index (κ3) is 2.66. The quantitative estimate of drug-likeness (QED) is 0.800. The standard InChI is InChI=1S/C13H19N7O/c1-9-5-14-3-4-20(9)10(21)6-19(2)13-11-12(16-7-15-11)17-8-18-13/h7-9,14H,3-6H2,1-2H3,(H,15,16,17,18)/t9-/m0/s1. The molecule has 1 fully saturated rings. The van der Waals surface area contributed by atoms with Crippen molar-refractivity contribution in [1.82, 2.24) is 30.2 Å². The van der Waals surface area contributed by atoms with Gasteiger partial charge in [-0.3, -0.25) is 4.79 Å². The average molecular weight is 289 g/mol. The molecule has 8 nitrogen and oxygen atoms in total. The Labute approximate surface area is 122 Å². The number of nitrogens with zero attached hydrogens (tertiary/aromatic N) is 5. The molecule has 0 aliphatic carbocycles. The summed E-state index contributed by atoms with van der Waals surface area (Å²) >= 11 is 0. The minimum Gasteiger partial charge on any atom is -0.348 e. The number of likely N-dealkylation sites (N-methyl/N-ethyl adjacent to an activating group) is 1. The normalized spacial score (nSPS) is 19.0. The number of rotatable bonds is 3. The maximum atomic E-state index is 12.5. The van der Waals surface area contributed by atoms with E-state index in [9.17, 15) is 4.79 Å². The lowest BCUT2D eigenvalue weighted by Crippen LogP contribution is -2.54. The van der Waals surface area contributed by atoms with E-state index in [4.69, 9.17) is 0 Å². The first-order valence-electron chi connectivity index (χ1n) is 7.02. The largest absolute Gasteiger partial charge is 0.348 e. The van der Waals surface area contributed by atoms with Gasteiger partial charge in [-0.1, -0.05) is 0 Å². The Balaban J connectivity index is 1.75. The number of hydrogen-bond donors (Lipinski definition) is 2. The highest BCUT2D eigenvalue weighted by Gasteiger charge is 2.24. The van der Waals surface area contributed by atoms with Crippen LogP contribution in [0.2, 0.25) is 0 Å². The minimum absolute atomic E-state index is 0.109. The molecule has 1 saturated heterocycles. The Bertz CT molecular complexity index is 640. The van der Waals surface area contributed by atoms with Crippen molar-refractivity contribution >= 4 is 22.9 Å². The molecule has 1 atom stereocenters. The number of H-pyrrole nitrogens is 1. The number of piperazine rings is 1. The molecule has 0 unspecified atom stereocenters. The number of carbonyl (C=O) groups is 1. The molecule has 2 aromatic heterocycles. The minimum atomic E-state index is 0.109. The zero-order valence-corrected chi connectivity index (χ0v) is 12.2. The molecule has 1 amide bonds. The lowest BCUT2D eigenvalue weighted by Gasteiger charge is -2.35. The molecule has 3 heterocycles. The molecule has 2 aromatic rings. The molecule has 0 aromatic carbocycles. The Morgan fingerprint density at radius 3 is 3.14 bits per heavy atom. The number of fused-ring (bicyclic) bond motifs is 1. The third-order valence-electron chi connectivity index (χ3n) is 3.76. The van der Waals surface area contributed by atoms with Crippen molar-refractivity contribution in [3.63, 3.8) is 0 Å². The van der Waals surface area contributed by atoms with Crippen LogP contribution >= 0.6 is 0 Å². The molecular weight excluding hydrogens is 270 g/mol. The lowest BCUT2D eigenvalue weighted by molar-refractivity contribution is -0.132. The van der Waals surface area contributed by atoms with Gasteiger partial charge in [0, 0.05) is 32.7 Å². The number of aromatic amines is 1. The Kier molecular flexibility index (Phi) is 3.70. The fraction of sp³-hybridized carbons (Fsp3) is 0.538. The topological polar surface area (TPSA) is 90.0 Å². The molecule has 0 saturated carbocycles. The van der Waals surface area contributed by atoms with Crippen LogP contribution in [0.4, 0.5) is 5.82 Å². The summed E-state index contributed by atoms with van der Waals surface area (Å²) in [5, 5.41) is 3.28. The van der Waals surface area contributed by atoms with E-state index >= 15 is 0 Å². The van der Waals surface area contributed by atoms with Crippen LogP contribution in [0.3, 0.4) is 0 Å². The first-order chi connectivity index (χ1) is 10.2. The molecule has 0 radical (unpaired) electrons. The summed E-state index contributed by atoms with van der Waals surface area (Å²) in [5.41, 5.74) is 1.36. The molecule has 0 bridgehead atoms. The smallest absolute Gasteiger partial charge is 0.242 e. The van der Waals surface area contributed by atoms with Crippen molar-refractivity contribution in [3.8, 4) is 0 Å². The molecule has 1 aliphatic heterocycles. The van der Waals surface area contributed by atoms with Gasteiger partial charge in [-0.25, -0.2) is 15.0 Å². The molecule has 21 heavy (non-hydrogen) atoms. The first kappa shape index (κ1) is 13.7. The van der Waals surface area contributed by atoms with Crippen LogP contribution < -0.4 is 10.2 Å². The van der Waals surface area contributed by atoms with E-state index in [1.807, 2.05) is 16.8 Å². The van der Waals surface area contributed by atoms with E-state index in [-0.39, 0.29) is 18.5 Å². The highest BCUT2D eigenvalue weighted by molar-refractivity contribution is 5.87. The summed E-state index contributed by atoms with van der Waals surface area (Å²) < 4.78 is 0. The van der Waals surface area contributed by atoms with Gasteiger partial charge in [0.1, 0.15) is 11.8 Å². The van der Waals surface area contributed by atoms with Gasteiger partial charge in [-0.15, -0.1) is 0 Å². The third-order valence-corrected chi connectivity index (χ3v) is 3.76. The second kappa shape index (κ2) is 5.65. The fourth-order valence-electron chi connectivity index (χ4n) is 2.62. The molecule has 2 N–H and O–H groups in total. The van der Waals surface area contributed by atoms with Crippen molar-refractivity contribution in [2.75, 3.05) is 38.1 Å². The molecule has 112 valence electrons. The zero-order valence-electron chi connectivity index (χ0n) is 12.2. The van der Waals surface area contributed by atoms with E-state index in [2.05, 4.69) is 32.2 Å². The van der Waals surface area contributed by atoms with Crippen LogP contribution in [-0.4, -0.2) is 70.0 Å². The fourth-order valence-corrected chi connectivity index (χ4v) is 2.62. The predicted octanol–water partition coefficient (Wildman–Crippen LogP) is -0.391. The summed E-state index contributed by atoms with van der Waals surface area (Å²) in [6.45, 7) is 4.78. The summed E-state index contributed by atoms with van der Waals surface area (Å²) in [4.78, 5) is 31.7. The van der Waals surface area contributed by atoms with Crippen molar-refractivity contribution < 1.29 is 4.79 Å². The van der Waals surface area contributed by atoms with Gasteiger partial charge >= 0.3 is 0 Å². The molecule has 1 aliphatic rings. The number of imidazole rings is 1. The van der Waals surface area contributed by atoms with Gasteiger partial charge in [0.05, 0.1) is 12.9 Å². The van der Waals surface area contributed by atoms with Gasteiger partial charge in [-0.2, -0.15) is 0 Å². The second-order valence-electron chi connectivity index (χ2n) is 5.29. The molecule has 0 spiro atoms. The van der Waals surface area contributed by atoms with Gasteiger partial charge in [0.2, 0.25) is 5.91 Å².